The Hall–Kier alpha value is -1.68. The first kappa shape index (κ1) is 13.4. The highest BCUT2D eigenvalue weighted by atomic mass is 16.5. The number of Topliss-reactive ketones (excluding diaryl/α,β-unsaturated/α-hetero) is 1. The molecule has 0 aliphatic carbocycles. The molecule has 1 atom stereocenters. The molecule has 0 saturated carbocycles. The van der Waals surface area contributed by atoms with Crippen molar-refractivity contribution in [2.24, 2.45) is 0 Å². The Kier molecular flexibility index (Phi) is 4.84. The quantitative estimate of drug-likeness (QED) is 0.476. The van der Waals surface area contributed by atoms with Crippen molar-refractivity contribution in [2.45, 2.75) is 26.4 Å². The smallest absolute Gasteiger partial charge is 0.379 e. The van der Waals surface area contributed by atoms with E-state index < -0.39 is 17.9 Å². The molecule has 1 N–H and O–H groups in total. The molecule has 1 rings (SSSR count). The van der Waals surface area contributed by atoms with Gasteiger partial charge in [0.15, 0.2) is 0 Å². The molecule has 17 heavy (non-hydrogen) atoms. The lowest BCUT2D eigenvalue weighted by Gasteiger charge is -2.09. The normalized spacial score (nSPS) is 11.9. The summed E-state index contributed by atoms with van der Waals surface area (Å²) in [6.45, 7) is 3.45. The fraction of sp³-hybridized carbons (Fsp3) is 0.385. The Morgan fingerprint density at radius 2 is 2.00 bits per heavy atom. The lowest BCUT2D eigenvalue weighted by atomic mass is 9.99. The number of benzene rings is 1. The summed E-state index contributed by atoms with van der Waals surface area (Å²) in [4.78, 5) is 23.1. The standard InChI is InChI=1S/C13H16O4/c1-3-17-13(16)12(15)11-7-5-4-6-10(11)8-9(2)14/h4-7,9,14H,3,8H2,1-2H3. The number of aliphatic hydroxyl groups is 1. The van der Waals surface area contributed by atoms with Crippen LogP contribution < -0.4 is 0 Å². The topological polar surface area (TPSA) is 63.6 Å². The SMILES string of the molecule is CCOC(=O)C(=O)c1ccccc1CC(C)O. The highest BCUT2D eigenvalue weighted by Crippen LogP contribution is 2.12. The van der Waals surface area contributed by atoms with Gasteiger partial charge < -0.3 is 9.84 Å². The summed E-state index contributed by atoms with van der Waals surface area (Å²) >= 11 is 0. The van der Waals surface area contributed by atoms with Crippen LogP contribution in [-0.4, -0.2) is 29.6 Å². The summed E-state index contributed by atoms with van der Waals surface area (Å²) in [6.07, 6.45) is -0.229. The van der Waals surface area contributed by atoms with E-state index in [0.717, 1.165) is 0 Å². The summed E-state index contributed by atoms with van der Waals surface area (Å²) in [5.74, 6) is -1.52. The van der Waals surface area contributed by atoms with Crippen LogP contribution in [0.25, 0.3) is 0 Å². The van der Waals surface area contributed by atoms with E-state index in [9.17, 15) is 14.7 Å². The van der Waals surface area contributed by atoms with Gasteiger partial charge in [0.2, 0.25) is 0 Å². The van der Waals surface area contributed by atoms with Gasteiger partial charge >= 0.3 is 5.97 Å². The second kappa shape index (κ2) is 6.15. The molecule has 0 aromatic heterocycles. The van der Waals surface area contributed by atoms with Crippen molar-refractivity contribution in [3.05, 3.63) is 35.4 Å². The van der Waals surface area contributed by atoms with Gasteiger partial charge in [-0.15, -0.1) is 0 Å². The Balaban J connectivity index is 2.96. The van der Waals surface area contributed by atoms with Gasteiger partial charge in [0, 0.05) is 5.56 Å². The number of ketones is 1. The van der Waals surface area contributed by atoms with Gasteiger partial charge in [0.25, 0.3) is 5.78 Å². The number of hydrogen-bond acceptors (Lipinski definition) is 4. The maximum absolute atomic E-state index is 11.8. The molecule has 0 heterocycles. The van der Waals surface area contributed by atoms with Crippen LogP contribution in [-0.2, 0) is 16.0 Å². The van der Waals surface area contributed by atoms with Crippen LogP contribution in [0.3, 0.4) is 0 Å². The van der Waals surface area contributed by atoms with E-state index in [1.54, 1.807) is 38.1 Å². The van der Waals surface area contributed by atoms with Crippen molar-refractivity contribution in [1.82, 2.24) is 0 Å². The van der Waals surface area contributed by atoms with E-state index in [4.69, 9.17) is 0 Å². The molecule has 0 radical (unpaired) electrons. The van der Waals surface area contributed by atoms with Gasteiger partial charge in [-0.3, -0.25) is 4.79 Å². The minimum Gasteiger partial charge on any atom is -0.460 e. The molecular weight excluding hydrogens is 220 g/mol. The molecule has 1 aromatic carbocycles. The van der Waals surface area contributed by atoms with Crippen molar-refractivity contribution >= 4 is 11.8 Å². The molecule has 0 spiro atoms. The number of esters is 1. The van der Waals surface area contributed by atoms with Crippen molar-refractivity contribution in [3.8, 4) is 0 Å². The molecule has 1 aromatic rings. The van der Waals surface area contributed by atoms with Crippen molar-refractivity contribution in [3.63, 3.8) is 0 Å². The van der Waals surface area contributed by atoms with Gasteiger partial charge in [0.1, 0.15) is 0 Å². The fourth-order valence-electron chi connectivity index (χ4n) is 1.54. The molecule has 92 valence electrons. The highest BCUT2D eigenvalue weighted by molar-refractivity contribution is 6.41. The molecule has 0 aliphatic rings. The second-order valence-electron chi connectivity index (χ2n) is 3.76. The number of hydrogen-bond donors (Lipinski definition) is 1. The van der Waals surface area contributed by atoms with Crippen molar-refractivity contribution in [1.29, 1.82) is 0 Å². The first-order chi connectivity index (χ1) is 8.06. The Bertz CT molecular complexity index is 410. The van der Waals surface area contributed by atoms with Crippen LogP contribution in [0.2, 0.25) is 0 Å². The predicted molar refractivity (Wildman–Crippen MR) is 62.8 cm³/mol. The zero-order valence-corrected chi connectivity index (χ0v) is 9.97. The number of aliphatic hydroxyl groups excluding tert-OH is 1. The van der Waals surface area contributed by atoms with Gasteiger partial charge in [-0.25, -0.2) is 4.79 Å². The van der Waals surface area contributed by atoms with Gasteiger partial charge in [-0.2, -0.15) is 0 Å². The van der Waals surface area contributed by atoms with Crippen molar-refractivity contribution < 1.29 is 19.4 Å². The van der Waals surface area contributed by atoms with Crippen LogP contribution in [0.1, 0.15) is 29.8 Å². The maximum Gasteiger partial charge on any atom is 0.379 e. The number of carbonyl (C=O) groups is 2. The minimum absolute atomic E-state index is 0.170. The summed E-state index contributed by atoms with van der Waals surface area (Å²) in [7, 11) is 0. The molecule has 0 fully saturated rings. The van der Waals surface area contributed by atoms with E-state index in [-0.39, 0.29) is 6.61 Å². The van der Waals surface area contributed by atoms with Gasteiger partial charge in [-0.1, -0.05) is 24.3 Å². The Morgan fingerprint density at radius 3 is 2.59 bits per heavy atom. The Morgan fingerprint density at radius 1 is 1.35 bits per heavy atom. The summed E-state index contributed by atoms with van der Waals surface area (Å²) in [5.41, 5.74) is 0.951. The largest absolute Gasteiger partial charge is 0.460 e. The van der Waals surface area contributed by atoms with Crippen LogP contribution in [0, 0.1) is 0 Å². The molecule has 0 aliphatic heterocycles. The zero-order chi connectivity index (χ0) is 12.8. The first-order valence-electron chi connectivity index (χ1n) is 5.53. The van der Waals surface area contributed by atoms with Crippen LogP contribution in [0.5, 0.6) is 0 Å². The van der Waals surface area contributed by atoms with Gasteiger partial charge in [0.05, 0.1) is 12.7 Å². The third kappa shape index (κ3) is 3.67. The summed E-state index contributed by atoms with van der Waals surface area (Å²) < 4.78 is 4.67. The maximum atomic E-state index is 11.8. The number of carbonyl (C=O) groups excluding carboxylic acids is 2. The second-order valence-corrected chi connectivity index (χ2v) is 3.76. The predicted octanol–water partition coefficient (Wildman–Crippen LogP) is 1.36. The lowest BCUT2D eigenvalue weighted by Crippen LogP contribution is -2.20. The third-order valence-electron chi connectivity index (χ3n) is 2.24. The monoisotopic (exact) mass is 236 g/mol. The van der Waals surface area contributed by atoms with Crippen LogP contribution >= 0.6 is 0 Å². The highest BCUT2D eigenvalue weighted by Gasteiger charge is 2.20. The van der Waals surface area contributed by atoms with E-state index in [1.807, 2.05) is 0 Å². The van der Waals surface area contributed by atoms with E-state index in [0.29, 0.717) is 17.5 Å². The first-order valence-corrected chi connectivity index (χ1v) is 5.53. The molecule has 4 heteroatoms. The van der Waals surface area contributed by atoms with Gasteiger partial charge in [-0.05, 0) is 25.8 Å². The fourth-order valence-corrected chi connectivity index (χ4v) is 1.54. The molecule has 0 saturated heterocycles. The summed E-state index contributed by atoms with van der Waals surface area (Å²) in [5, 5.41) is 9.33. The molecule has 1 unspecified atom stereocenters. The average Bonchev–Trinajstić information content (AvgIpc) is 2.28. The lowest BCUT2D eigenvalue weighted by molar-refractivity contribution is -0.137. The average molecular weight is 236 g/mol. The molecule has 0 bridgehead atoms. The third-order valence-corrected chi connectivity index (χ3v) is 2.24. The number of ether oxygens (including phenoxy) is 1. The molecule has 0 amide bonds. The summed E-state index contributed by atoms with van der Waals surface area (Å²) in [6, 6.07) is 6.73. The van der Waals surface area contributed by atoms with E-state index in [1.165, 1.54) is 0 Å². The van der Waals surface area contributed by atoms with Crippen LogP contribution in [0.15, 0.2) is 24.3 Å². The van der Waals surface area contributed by atoms with E-state index >= 15 is 0 Å². The van der Waals surface area contributed by atoms with Crippen molar-refractivity contribution in [2.75, 3.05) is 6.61 Å². The molecular formula is C13H16O4. The van der Waals surface area contributed by atoms with Crippen LogP contribution in [0.4, 0.5) is 0 Å². The minimum atomic E-state index is -0.856. The zero-order valence-electron chi connectivity index (χ0n) is 9.97. The molecule has 4 nitrogen and oxygen atoms in total. The van der Waals surface area contributed by atoms with E-state index in [2.05, 4.69) is 4.74 Å². The Labute approximate surface area is 100 Å². The number of rotatable bonds is 5.